The number of hydrogen-bond acceptors (Lipinski definition) is 2. The van der Waals surface area contributed by atoms with Gasteiger partial charge in [-0.3, -0.25) is 0 Å². The highest BCUT2D eigenvalue weighted by molar-refractivity contribution is 5.33. The van der Waals surface area contributed by atoms with Crippen molar-refractivity contribution in [3.05, 3.63) is 29.6 Å². The molecule has 0 amide bonds. The number of fused-ring (bicyclic) bond motifs is 2. The lowest BCUT2D eigenvalue weighted by Gasteiger charge is -2.35. The number of methoxy groups -OCH3 is 1. The zero-order valence-electron chi connectivity index (χ0n) is 10.4. The summed E-state index contributed by atoms with van der Waals surface area (Å²) in [5.74, 6) is -0.0742. The Morgan fingerprint density at radius 3 is 2.50 bits per heavy atom. The van der Waals surface area contributed by atoms with E-state index >= 15 is 4.39 Å². The Balaban J connectivity index is 1.94. The lowest BCUT2D eigenvalue weighted by molar-refractivity contribution is 0.0832. The lowest BCUT2D eigenvalue weighted by atomic mass is 9.83. The Hall–Kier alpha value is -1.16. The first-order valence-electron chi connectivity index (χ1n) is 6.40. The molecule has 0 aliphatic carbocycles. The van der Waals surface area contributed by atoms with Gasteiger partial charge in [-0.05, 0) is 25.0 Å². The second-order valence-electron chi connectivity index (χ2n) is 5.36. The summed E-state index contributed by atoms with van der Waals surface area (Å²) in [5, 5.41) is 3.37. The molecular weight excluding hydrogens is 236 g/mol. The summed E-state index contributed by atoms with van der Waals surface area (Å²) in [4.78, 5) is 0. The summed E-state index contributed by atoms with van der Waals surface area (Å²) in [5.41, 5.74) is -1.35. The molecule has 1 aromatic carbocycles. The Labute approximate surface area is 105 Å². The van der Waals surface area contributed by atoms with Crippen molar-refractivity contribution in [2.45, 2.75) is 43.4 Å². The number of alkyl halides is 1. The maximum Gasteiger partial charge on any atom is 0.141 e. The van der Waals surface area contributed by atoms with E-state index in [0.717, 1.165) is 12.8 Å². The number of ether oxygens (including phenoxy) is 1. The van der Waals surface area contributed by atoms with Crippen LogP contribution < -0.4 is 10.1 Å². The molecule has 2 saturated heterocycles. The van der Waals surface area contributed by atoms with Crippen LogP contribution >= 0.6 is 0 Å². The van der Waals surface area contributed by atoms with Crippen LogP contribution in [0, 0.1) is 5.82 Å². The minimum absolute atomic E-state index is 0.182. The lowest BCUT2D eigenvalue weighted by Crippen LogP contribution is -2.44. The minimum Gasteiger partial charge on any atom is -0.497 e. The van der Waals surface area contributed by atoms with Crippen LogP contribution in [0.5, 0.6) is 5.75 Å². The van der Waals surface area contributed by atoms with Crippen molar-refractivity contribution in [3.63, 3.8) is 0 Å². The van der Waals surface area contributed by atoms with Crippen molar-refractivity contribution in [1.82, 2.24) is 5.32 Å². The van der Waals surface area contributed by atoms with Crippen molar-refractivity contribution >= 4 is 0 Å². The fourth-order valence-corrected chi connectivity index (χ4v) is 3.29. The molecule has 1 N–H and O–H groups in total. The highest BCUT2D eigenvalue weighted by atomic mass is 19.1. The summed E-state index contributed by atoms with van der Waals surface area (Å²) >= 11 is 0. The first-order valence-corrected chi connectivity index (χ1v) is 6.40. The Bertz CT molecular complexity index is 451. The molecule has 2 aliphatic heterocycles. The molecule has 2 nitrogen and oxygen atoms in total. The molecule has 2 bridgehead atoms. The van der Waals surface area contributed by atoms with Crippen LogP contribution in [0.4, 0.5) is 8.78 Å². The topological polar surface area (TPSA) is 21.3 Å². The average Bonchev–Trinajstić information content (AvgIpc) is 2.68. The van der Waals surface area contributed by atoms with Crippen LogP contribution in [0.3, 0.4) is 0 Å². The zero-order chi connectivity index (χ0) is 12.8. The number of rotatable bonds is 2. The molecule has 2 heterocycles. The standard InChI is InChI=1S/C14H17F2NO/c1-18-11-4-5-12(13(15)6-11)14(16)7-9-2-3-10(8-14)17-9/h4-6,9-10,17H,2-3,7-8H2,1H3. The van der Waals surface area contributed by atoms with E-state index in [4.69, 9.17) is 4.74 Å². The van der Waals surface area contributed by atoms with Gasteiger partial charge in [0.2, 0.25) is 0 Å². The molecule has 0 spiro atoms. The number of benzene rings is 1. The normalized spacial score (nSPS) is 34.6. The fourth-order valence-electron chi connectivity index (χ4n) is 3.29. The van der Waals surface area contributed by atoms with Gasteiger partial charge in [0.15, 0.2) is 0 Å². The molecule has 1 aromatic rings. The number of nitrogens with one attached hydrogen (secondary N) is 1. The van der Waals surface area contributed by atoms with Crippen molar-refractivity contribution in [3.8, 4) is 5.75 Å². The van der Waals surface area contributed by atoms with Crippen LogP contribution in [0.1, 0.15) is 31.2 Å². The minimum atomic E-state index is -1.53. The monoisotopic (exact) mass is 253 g/mol. The Morgan fingerprint density at radius 1 is 1.28 bits per heavy atom. The molecular formula is C14H17F2NO. The predicted octanol–water partition coefficient (Wildman–Crippen LogP) is 2.91. The van der Waals surface area contributed by atoms with Crippen molar-refractivity contribution in [2.75, 3.05) is 7.11 Å². The van der Waals surface area contributed by atoms with Gasteiger partial charge in [0.25, 0.3) is 0 Å². The van der Waals surface area contributed by atoms with E-state index < -0.39 is 11.5 Å². The van der Waals surface area contributed by atoms with Crippen LogP contribution in [0.2, 0.25) is 0 Å². The van der Waals surface area contributed by atoms with Crippen LogP contribution in [-0.2, 0) is 5.67 Å². The van der Waals surface area contributed by atoms with E-state index in [1.807, 2.05) is 0 Å². The maximum absolute atomic E-state index is 15.0. The second-order valence-corrected chi connectivity index (χ2v) is 5.36. The van der Waals surface area contributed by atoms with Crippen LogP contribution in [-0.4, -0.2) is 19.2 Å². The van der Waals surface area contributed by atoms with Gasteiger partial charge in [0.05, 0.1) is 7.11 Å². The van der Waals surface area contributed by atoms with Crippen LogP contribution in [0.25, 0.3) is 0 Å². The smallest absolute Gasteiger partial charge is 0.141 e. The Kier molecular flexibility index (Phi) is 2.77. The molecule has 2 atom stereocenters. The summed E-state index contributed by atoms with van der Waals surface area (Å²) in [7, 11) is 1.48. The number of hydrogen-bond donors (Lipinski definition) is 1. The van der Waals surface area contributed by atoms with Crippen molar-refractivity contribution in [1.29, 1.82) is 0 Å². The highest BCUT2D eigenvalue weighted by Crippen LogP contribution is 2.44. The van der Waals surface area contributed by atoms with E-state index in [0.29, 0.717) is 18.6 Å². The van der Waals surface area contributed by atoms with Crippen molar-refractivity contribution in [2.24, 2.45) is 0 Å². The number of piperidine rings is 1. The molecule has 2 unspecified atom stereocenters. The fraction of sp³-hybridized carbons (Fsp3) is 0.571. The van der Waals surface area contributed by atoms with Crippen LogP contribution in [0.15, 0.2) is 18.2 Å². The van der Waals surface area contributed by atoms with E-state index in [9.17, 15) is 4.39 Å². The molecule has 0 radical (unpaired) electrons. The second kappa shape index (κ2) is 4.19. The summed E-state index contributed by atoms with van der Waals surface area (Å²) in [6, 6.07) is 4.80. The molecule has 0 saturated carbocycles. The molecule has 4 heteroatoms. The molecule has 0 aromatic heterocycles. The quantitative estimate of drug-likeness (QED) is 0.875. The third-order valence-electron chi connectivity index (χ3n) is 4.13. The summed E-state index contributed by atoms with van der Waals surface area (Å²) in [6.07, 6.45) is 2.72. The first-order chi connectivity index (χ1) is 8.60. The zero-order valence-corrected chi connectivity index (χ0v) is 10.4. The van der Waals surface area contributed by atoms with Gasteiger partial charge in [-0.15, -0.1) is 0 Å². The molecule has 98 valence electrons. The van der Waals surface area contributed by atoms with Gasteiger partial charge in [-0.25, -0.2) is 8.78 Å². The highest BCUT2D eigenvalue weighted by Gasteiger charge is 2.46. The largest absolute Gasteiger partial charge is 0.497 e. The van der Waals surface area contributed by atoms with E-state index in [-0.39, 0.29) is 17.6 Å². The first kappa shape index (κ1) is 11.9. The SMILES string of the molecule is COc1ccc(C2(F)CC3CCC(C2)N3)c(F)c1. The maximum atomic E-state index is 15.0. The third-order valence-corrected chi connectivity index (χ3v) is 4.13. The molecule has 18 heavy (non-hydrogen) atoms. The predicted molar refractivity (Wildman–Crippen MR) is 64.9 cm³/mol. The number of halogens is 2. The van der Waals surface area contributed by atoms with E-state index in [1.165, 1.54) is 19.2 Å². The third kappa shape index (κ3) is 1.88. The van der Waals surface area contributed by atoms with Gasteiger partial charge in [0.1, 0.15) is 17.2 Å². The molecule has 2 aliphatic rings. The van der Waals surface area contributed by atoms with Gasteiger partial charge in [-0.1, -0.05) is 0 Å². The molecule has 2 fully saturated rings. The van der Waals surface area contributed by atoms with E-state index in [2.05, 4.69) is 5.32 Å². The van der Waals surface area contributed by atoms with Gasteiger partial charge < -0.3 is 10.1 Å². The Morgan fingerprint density at radius 2 is 1.94 bits per heavy atom. The van der Waals surface area contributed by atoms with Gasteiger partial charge in [-0.2, -0.15) is 0 Å². The van der Waals surface area contributed by atoms with E-state index in [1.54, 1.807) is 6.07 Å². The summed E-state index contributed by atoms with van der Waals surface area (Å²) in [6.45, 7) is 0. The summed E-state index contributed by atoms with van der Waals surface area (Å²) < 4.78 is 34.0. The molecule has 3 rings (SSSR count). The average molecular weight is 253 g/mol. The van der Waals surface area contributed by atoms with Gasteiger partial charge in [0, 0.05) is 36.6 Å². The van der Waals surface area contributed by atoms with Crippen molar-refractivity contribution < 1.29 is 13.5 Å². The van der Waals surface area contributed by atoms with Gasteiger partial charge >= 0.3 is 0 Å².